The van der Waals surface area contributed by atoms with Crippen LogP contribution in [-0.2, 0) is 11.2 Å². The van der Waals surface area contributed by atoms with E-state index in [1.807, 2.05) is 18.2 Å². The molecule has 1 amide bonds. The van der Waals surface area contributed by atoms with Gasteiger partial charge in [-0.15, -0.1) is 0 Å². The zero-order valence-corrected chi connectivity index (χ0v) is 14.7. The van der Waals surface area contributed by atoms with Gasteiger partial charge in [-0.05, 0) is 49.6 Å². The molecule has 0 radical (unpaired) electrons. The molecule has 0 aromatic heterocycles. The summed E-state index contributed by atoms with van der Waals surface area (Å²) in [7, 11) is 1.59. The summed E-state index contributed by atoms with van der Waals surface area (Å²) in [6.07, 6.45) is 1.17. The number of rotatable bonds is 5. The smallest absolute Gasteiger partial charge is 0.224 e. The van der Waals surface area contributed by atoms with Crippen molar-refractivity contribution in [3.63, 3.8) is 0 Å². The van der Waals surface area contributed by atoms with Crippen molar-refractivity contribution < 1.29 is 9.53 Å². The van der Waals surface area contributed by atoms with E-state index in [-0.39, 0.29) is 5.91 Å². The third-order valence-corrected chi connectivity index (χ3v) is 4.05. The van der Waals surface area contributed by atoms with Crippen LogP contribution in [0, 0.1) is 13.8 Å². The molecular weight excluding hydrogens is 342 g/mol. The summed E-state index contributed by atoms with van der Waals surface area (Å²) in [5, 5.41) is 2.91. The molecule has 116 valence electrons. The van der Waals surface area contributed by atoms with E-state index in [0.29, 0.717) is 17.9 Å². The molecule has 22 heavy (non-hydrogen) atoms. The molecule has 0 aliphatic heterocycles. The average molecular weight is 362 g/mol. The molecule has 0 heterocycles. The van der Waals surface area contributed by atoms with E-state index in [1.165, 1.54) is 16.7 Å². The van der Waals surface area contributed by atoms with Crippen LogP contribution in [0.3, 0.4) is 0 Å². The zero-order chi connectivity index (χ0) is 16.1. The minimum Gasteiger partial charge on any atom is -0.495 e. The van der Waals surface area contributed by atoms with Crippen LogP contribution in [0.25, 0.3) is 0 Å². The van der Waals surface area contributed by atoms with Gasteiger partial charge in [0.15, 0.2) is 0 Å². The summed E-state index contributed by atoms with van der Waals surface area (Å²) < 4.78 is 6.16. The number of methoxy groups -OCH3 is 1. The lowest BCUT2D eigenvalue weighted by Gasteiger charge is -2.11. The fourth-order valence-electron chi connectivity index (χ4n) is 2.37. The molecule has 3 nitrogen and oxygen atoms in total. The minimum atomic E-state index is -0.0172. The van der Waals surface area contributed by atoms with Gasteiger partial charge in [0.1, 0.15) is 5.75 Å². The molecule has 0 saturated carbocycles. The van der Waals surface area contributed by atoms with Crippen molar-refractivity contribution in [1.29, 1.82) is 0 Å². The van der Waals surface area contributed by atoms with Gasteiger partial charge in [-0.25, -0.2) is 0 Å². The van der Waals surface area contributed by atoms with Crippen LogP contribution in [0.15, 0.2) is 40.9 Å². The first-order valence-corrected chi connectivity index (χ1v) is 7.98. The molecule has 0 saturated heterocycles. The van der Waals surface area contributed by atoms with Crippen LogP contribution in [0.4, 0.5) is 5.69 Å². The lowest BCUT2D eigenvalue weighted by molar-refractivity contribution is -0.116. The van der Waals surface area contributed by atoms with Crippen molar-refractivity contribution in [2.75, 3.05) is 12.4 Å². The van der Waals surface area contributed by atoms with E-state index in [4.69, 9.17) is 4.74 Å². The summed E-state index contributed by atoms with van der Waals surface area (Å²) in [6.45, 7) is 4.15. The van der Waals surface area contributed by atoms with E-state index in [9.17, 15) is 4.79 Å². The maximum absolute atomic E-state index is 12.2. The summed E-state index contributed by atoms with van der Waals surface area (Å²) in [5.74, 6) is 0.638. The number of carbonyl (C=O) groups excluding carboxylic acids is 1. The SMILES string of the molecule is COc1ccc(Br)cc1NC(=O)CCc1ccc(C)cc1C. The van der Waals surface area contributed by atoms with Gasteiger partial charge in [-0.1, -0.05) is 39.7 Å². The molecule has 0 unspecified atom stereocenters. The summed E-state index contributed by atoms with van der Waals surface area (Å²) in [6, 6.07) is 11.9. The molecule has 4 heteroatoms. The van der Waals surface area contributed by atoms with E-state index in [2.05, 4.69) is 53.3 Å². The largest absolute Gasteiger partial charge is 0.495 e. The van der Waals surface area contributed by atoms with Gasteiger partial charge in [0.2, 0.25) is 5.91 Å². The van der Waals surface area contributed by atoms with E-state index in [0.717, 1.165) is 10.9 Å². The fourth-order valence-corrected chi connectivity index (χ4v) is 2.73. The van der Waals surface area contributed by atoms with Crippen molar-refractivity contribution in [1.82, 2.24) is 0 Å². The third-order valence-electron chi connectivity index (χ3n) is 3.56. The van der Waals surface area contributed by atoms with Gasteiger partial charge >= 0.3 is 0 Å². The number of hydrogen-bond acceptors (Lipinski definition) is 2. The molecule has 2 aromatic carbocycles. The highest BCUT2D eigenvalue weighted by molar-refractivity contribution is 9.10. The number of anilines is 1. The average Bonchev–Trinajstić information content (AvgIpc) is 2.46. The van der Waals surface area contributed by atoms with Crippen molar-refractivity contribution in [3.8, 4) is 5.75 Å². The van der Waals surface area contributed by atoms with Crippen LogP contribution in [0.2, 0.25) is 0 Å². The monoisotopic (exact) mass is 361 g/mol. The minimum absolute atomic E-state index is 0.0172. The molecule has 0 aliphatic rings. The number of nitrogens with one attached hydrogen (secondary N) is 1. The number of amides is 1. The lowest BCUT2D eigenvalue weighted by atomic mass is 10.0. The maximum atomic E-state index is 12.2. The quantitative estimate of drug-likeness (QED) is 0.841. The van der Waals surface area contributed by atoms with E-state index in [1.54, 1.807) is 7.11 Å². The second-order valence-corrected chi connectivity index (χ2v) is 6.24. The number of carbonyl (C=O) groups is 1. The van der Waals surface area contributed by atoms with Gasteiger partial charge < -0.3 is 10.1 Å². The summed E-state index contributed by atoms with van der Waals surface area (Å²) in [5.41, 5.74) is 4.36. The number of hydrogen-bond donors (Lipinski definition) is 1. The Morgan fingerprint density at radius 3 is 2.64 bits per heavy atom. The first-order chi connectivity index (χ1) is 10.5. The Kier molecular flexibility index (Phi) is 5.61. The maximum Gasteiger partial charge on any atom is 0.224 e. The number of benzene rings is 2. The van der Waals surface area contributed by atoms with Crippen LogP contribution >= 0.6 is 15.9 Å². The predicted molar refractivity (Wildman–Crippen MR) is 93.6 cm³/mol. The van der Waals surface area contributed by atoms with Crippen molar-refractivity contribution in [3.05, 3.63) is 57.6 Å². The molecule has 0 fully saturated rings. The normalized spacial score (nSPS) is 10.4. The summed E-state index contributed by atoms with van der Waals surface area (Å²) in [4.78, 5) is 12.2. The standard InChI is InChI=1S/C18H20BrNO2/c1-12-4-5-14(13(2)10-12)6-9-18(21)20-16-11-15(19)7-8-17(16)22-3/h4-5,7-8,10-11H,6,9H2,1-3H3,(H,20,21). The molecule has 0 spiro atoms. The van der Waals surface area contributed by atoms with Crippen LogP contribution in [0.1, 0.15) is 23.1 Å². The second kappa shape index (κ2) is 7.45. The Hall–Kier alpha value is -1.81. The van der Waals surface area contributed by atoms with Crippen molar-refractivity contribution in [2.24, 2.45) is 0 Å². The topological polar surface area (TPSA) is 38.3 Å². The van der Waals surface area contributed by atoms with Gasteiger partial charge in [0.25, 0.3) is 0 Å². The Labute approximate surface area is 139 Å². The molecule has 0 bridgehead atoms. The van der Waals surface area contributed by atoms with Gasteiger partial charge in [-0.2, -0.15) is 0 Å². The lowest BCUT2D eigenvalue weighted by Crippen LogP contribution is -2.13. The molecule has 0 aliphatic carbocycles. The van der Waals surface area contributed by atoms with Gasteiger partial charge in [0.05, 0.1) is 12.8 Å². The molecule has 1 N–H and O–H groups in total. The Morgan fingerprint density at radius 1 is 1.18 bits per heavy atom. The Balaban J connectivity index is 2.00. The first-order valence-electron chi connectivity index (χ1n) is 7.19. The van der Waals surface area contributed by atoms with Crippen molar-refractivity contribution in [2.45, 2.75) is 26.7 Å². The zero-order valence-electron chi connectivity index (χ0n) is 13.1. The number of ether oxygens (including phenoxy) is 1. The van der Waals surface area contributed by atoms with Crippen LogP contribution < -0.4 is 10.1 Å². The number of aryl methyl sites for hydroxylation is 3. The van der Waals surface area contributed by atoms with Crippen LogP contribution in [0.5, 0.6) is 5.75 Å². The Morgan fingerprint density at radius 2 is 1.95 bits per heavy atom. The summed E-state index contributed by atoms with van der Waals surface area (Å²) >= 11 is 3.40. The van der Waals surface area contributed by atoms with Gasteiger partial charge in [0, 0.05) is 10.9 Å². The highest BCUT2D eigenvalue weighted by Crippen LogP contribution is 2.28. The second-order valence-electron chi connectivity index (χ2n) is 5.32. The highest BCUT2D eigenvalue weighted by Gasteiger charge is 2.09. The van der Waals surface area contributed by atoms with Crippen LogP contribution in [-0.4, -0.2) is 13.0 Å². The predicted octanol–water partition coefficient (Wildman–Crippen LogP) is 4.65. The van der Waals surface area contributed by atoms with Crippen molar-refractivity contribution >= 4 is 27.5 Å². The fraction of sp³-hybridized carbons (Fsp3) is 0.278. The van der Waals surface area contributed by atoms with Gasteiger partial charge in [-0.3, -0.25) is 4.79 Å². The van der Waals surface area contributed by atoms with E-state index < -0.39 is 0 Å². The first kappa shape index (κ1) is 16.6. The van der Waals surface area contributed by atoms with E-state index >= 15 is 0 Å². The highest BCUT2D eigenvalue weighted by atomic mass is 79.9. The molecule has 2 aromatic rings. The Bertz CT molecular complexity index is 683. The molecule has 0 atom stereocenters. The number of halogens is 1. The molecule has 2 rings (SSSR count). The third kappa shape index (κ3) is 4.34. The molecular formula is C18H20BrNO2.